The van der Waals surface area contributed by atoms with E-state index < -0.39 is 5.97 Å². The molecule has 0 atom stereocenters. The third-order valence-corrected chi connectivity index (χ3v) is 4.10. The van der Waals surface area contributed by atoms with E-state index in [0.717, 1.165) is 11.3 Å². The summed E-state index contributed by atoms with van der Waals surface area (Å²) in [5.74, 6) is -0.643. The number of hydrogen-bond acceptors (Lipinski definition) is 5. The van der Waals surface area contributed by atoms with Crippen LogP contribution in [0.4, 0.5) is 15.9 Å². The Morgan fingerprint density at radius 3 is 2.76 bits per heavy atom. The van der Waals surface area contributed by atoms with Gasteiger partial charge < -0.3 is 20.1 Å². The summed E-state index contributed by atoms with van der Waals surface area (Å²) in [4.78, 5) is 18.0. The van der Waals surface area contributed by atoms with E-state index in [4.69, 9.17) is 4.74 Å². The molecule has 0 radical (unpaired) electrons. The van der Waals surface area contributed by atoms with Crippen LogP contribution >= 0.6 is 0 Å². The molecule has 0 amide bonds. The molecule has 2 N–H and O–H groups in total. The summed E-state index contributed by atoms with van der Waals surface area (Å²) in [7, 11) is 0. The summed E-state index contributed by atoms with van der Waals surface area (Å²) in [5, 5.41) is 12.5. The number of pyridine rings is 1. The number of nitrogens with zero attached hydrogens (tertiary/aromatic N) is 2. The molecule has 1 aliphatic heterocycles. The van der Waals surface area contributed by atoms with Crippen LogP contribution in [0.5, 0.6) is 0 Å². The van der Waals surface area contributed by atoms with Crippen molar-refractivity contribution in [3.63, 3.8) is 0 Å². The number of carbonyl (C=O) groups is 1. The number of aromatic carboxylic acids is 1. The topological polar surface area (TPSA) is 74.7 Å². The van der Waals surface area contributed by atoms with E-state index in [1.165, 1.54) is 12.1 Å². The van der Waals surface area contributed by atoms with Gasteiger partial charge in [0.25, 0.3) is 0 Å². The van der Waals surface area contributed by atoms with E-state index in [1.807, 2.05) is 11.8 Å². The molecular weight excluding hydrogens is 325 g/mol. The number of anilines is 2. The number of benzene rings is 1. The van der Waals surface area contributed by atoms with Gasteiger partial charge in [0.2, 0.25) is 0 Å². The third kappa shape index (κ3) is 4.24. The van der Waals surface area contributed by atoms with E-state index >= 15 is 0 Å². The van der Waals surface area contributed by atoms with E-state index in [9.17, 15) is 14.3 Å². The highest BCUT2D eigenvalue weighted by Gasteiger charge is 2.16. The minimum atomic E-state index is -0.990. The fraction of sp³-hybridized carbons (Fsp3) is 0.333. The van der Waals surface area contributed by atoms with Crippen LogP contribution in [0.3, 0.4) is 0 Å². The van der Waals surface area contributed by atoms with Gasteiger partial charge in [0.05, 0.1) is 31.0 Å². The summed E-state index contributed by atoms with van der Waals surface area (Å²) >= 11 is 0. The first-order valence-electron chi connectivity index (χ1n) is 8.10. The molecule has 3 rings (SSSR count). The van der Waals surface area contributed by atoms with Crippen molar-refractivity contribution in [2.24, 2.45) is 0 Å². The largest absolute Gasteiger partial charge is 0.478 e. The number of halogens is 1. The number of carboxylic acid groups (broad SMARTS) is 1. The molecular formula is C18H20FN3O3. The smallest absolute Gasteiger partial charge is 0.335 e. The zero-order valence-corrected chi connectivity index (χ0v) is 14.0. The monoisotopic (exact) mass is 345 g/mol. The zero-order chi connectivity index (χ0) is 17.8. The van der Waals surface area contributed by atoms with E-state index in [0.29, 0.717) is 44.4 Å². The minimum Gasteiger partial charge on any atom is -0.478 e. The molecule has 0 bridgehead atoms. The predicted octanol–water partition coefficient (Wildman–Crippen LogP) is 2.68. The molecule has 1 saturated heterocycles. The van der Waals surface area contributed by atoms with Crippen LogP contribution in [0.15, 0.2) is 30.3 Å². The Labute approximate surface area is 145 Å². The minimum absolute atomic E-state index is 0.198. The van der Waals surface area contributed by atoms with Gasteiger partial charge in [0.15, 0.2) is 0 Å². The van der Waals surface area contributed by atoms with E-state index in [-0.39, 0.29) is 11.4 Å². The maximum absolute atomic E-state index is 13.2. The molecule has 0 aliphatic carbocycles. The van der Waals surface area contributed by atoms with Crippen LogP contribution in [0.2, 0.25) is 0 Å². The third-order valence-electron chi connectivity index (χ3n) is 4.10. The highest BCUT2D eigenvalue weighted by molar-refractivity contribution is 5.88. The van der Waals surface area contributed by atoms with Crippen molar-refractivity contribution in [3.8, 4) is 0 Å². The van der Waals surface area contributed by atoms with Crippen molar-refractivity contribution >= 4 is 17.5 Å². The number of aromatic nitrogens is 1. The van der Waals surface area contributed by atoms with Crippen LogP contribution in [-0.2, 0) is 11.3 Å². The summed E-state index contributed by atoms with van der Waals surface area (Å²) in [5.41, 5.74) is 2.38. The van der Waals surface area contributed by atoms with Crippen molar-refractivity contribution in [2.75, 3.05) is 36.5 Å². The Bertz CT molecular complexity index is 776. The Morgan fingerprint density at radius 1 is 1.32 bits per heavy atom. The fourth-order valence-corrected chi connectivity index (χ4v) is 2.75. The molecule has 2 heterocycles. The van der Waals surface area contributed by atoms with Crippen molar-refractivity contribution < 1.29 is 19.0 Å². The zero-order valence-electron chi connectivity index (χ0n) is 14.0. The number of rotatable bonds is 5. The van der Waals surface area contributed by atoms with Gasteiger partial charge in [-0.2, -0.15) is 0 Å². The maximum atomic E-state index is 13.2. The predicted molar refractivity (Wildman–Crippen MR) is 92.7 cm³/mol. The number of hydrogen-bond donors (Lipinski definition) is 2. The van der Waals surface area contributed by atoms with Gasteiger partial charge in [-0.15, -0.1) is 0 Å². The van der Waals surface area contributed by atoms with Crippen LogP contribution in [0, 0.1) is 12.7 Å². The SMILES string of the molecule is Cc1cc(F)ccc1NCc1cc(C(=O)O)cc(N2CCOCC2)n1. The highest BCUT2D eigenvalue weighted by Crippen LogP contribution is 2.20. The summed E-state index contributed by atoms with van der Waals surface area (Å²) in [6, 6.07) is 7.63. The standard InChI is InChI=1S/C18H20FN3O3/c1-12-8-14(19)2-3-16(12)20-11-15-9-13(18(23)24)10-17(21-15)22-4-6-25-7-5-22/h2-3,8-10,20H,4-7,11H2,1H3,(H,23,24). The maximum Gasteiger partial charge on any atom is 0.335 e. The van der Waals surface area contributed by atoms with E-state index in [1.54, 1.807) is 18.2 Å². The normalized spacial score (nSPS) is 14.4. The lowest BCUT2D eigenvalue weighted by molar-refractivity contribution is 0.0696. The van der Waals surface area contributed by atoms with Crippen molar-refractivity contribution in [3.05, 3.63) is 53.0 Å². The number of aryl methyl sites for hydroxylation is 1. The van der Waals surface area contributed by atoms with Gasteiger partial charge in [-0.3, -0.25) is 0 Å². The molecule has 0 saturated carbocycles. The average Bonchev–Trinajstić information content (AvgIpc) is 2.61. The fourth-order valence-electron chi connectivity index (χ4n) is 2.75. The summed E-state index contributed by atoms with van der Waals surface area (Å²) in [6.07, 6.45) is 0. The van der Waals surface area contributed by atoms with Crippen molar-refractivity contribution in [2.45, 2.75) is 13.5 Å². The van der Waals surface area contributed by atoms with Gasteiger partial charge in [-0.05, 0) is 42.8 Å². The highest BCUT2D eigenvalue weighted by atomic mass is 19.1. The van der Waals surface area contributed by atoms with Gasteiger partial charge in [0.1, 0.15) is 11.6 Å². The Balaban J connectivity index is 1.81. The van der Waals surface area contributed by atoms with Crippen LogP contribution in [0.25, 0.3) is 0 Å². The lowest BCUT2D eigenvalue weighted by Crippen LogP contribution is -2.37. The lowest BCUT2D eigenvalue weighted by atomic mass is 10.1. The second-order valence-electron chi connectivity index (χ2n) is 5.92. The first-order chi connectivity index (χ1) is 12.0. The van der Waals surface area contributed by atoms with Gasteiger partial charge in [-0.1, -0.05) is 0 Å². The van der Waals surface area contributed by atoms with Crippen LogP contribution < -0.4 is 10.2 Å². The molecule has 1 aliphatic rings. The molecule has 1 aromatic heterocycles. The molecule has 25 heavy (non-hydrogen) atoms. The van der Waals surface area contributed by atoms with Crippen molar-refractivity contribution in [1.82, 2.24) is 4.98 Å². The Hall–Kier alpha value is -2.67. The van der Waals surface area contributed by atoms with Crippen molar-refractivity contribution in [1.29, 1.82) is 0 Å². The molecule has 132 valence electrons. The first kappa shape index (κ1) is 17.2. The second-order valence-corrected chi connectivity index (χ2v) is 5.92. The molecule has 1 aromatic carbocycles. The average molecular weight is 345 g/mol. The van der Waals surface area contributed by atoms with Gasteiger partial charge in [0, 0.05) is 18.8 Å². The lowest BCUT2D eigenvalue weighted by Gasteiger charge is -2.28. The first-order valence-corrected chi connectivity index (χ1v) is 8.10. The molecule has 1 fully saturated rings. The summed E-state index contributed by atoms with van der Waals surface area (Å²) in [6.45, 7) is 4.72. The second kappa shape index (κ2) is 7.48. The Morgan fingerprint density at radius 2 is 2.08 bits per heavy atom. The van der Waals surface area contributed by atoms with Crippen LogP contribution in [-0.4, -0.2) is 42.4 Å². The number of ether oxygens (including phenoxy) is 1. The summed E-state index contributed by atoms with van der Waals surface area (Å²) < 4.78 is 18.5. The molecule has 2 aromatic rings. The molecule has 7 heteroatoms. The van der Waals surface area contributed by atoms with Gasteiger partial charge >= 0.3 is 5.97 Å². The number of nitrogens with one attached hydrogen (secondary N) is 1. The molecule has 0 spiro atoms. The Kier molecular flexibility index (Phi) is 5.14. The molecule has 0 unspecified atom stereocenters. The molecule has 6 nitrogen and oxygen atoms in total. The van der Waals surface area contributed by atoms with Gasteiger partial charge in [-0.25, -0.2) is 14.2 Å². The number of morpholine rings is 1. The van der Waals surface area contributed by atoms with E-state index in [2.05, 4.69) is 10.3 Å². The quantitative estimate of drug-likeness (QED) is 0.868. The van der Waals surface area contributed by atoms with Crippen LogP contribution in [0.1, 0.15) is 21.6 Å². The number of carboxylic acids is 1.